The molecule has 0 amide bonds. The molecule has 0 atom stereocenters. The number of hydrogen-bond donors (Lipinski definition) is 0. The lowest BCUT2D eigenvalue weighted by atomic mass is 10.3. The monoisotopic (exact) mass is 349 g/mol. The summed E-state index contributed by atoms with van der Waals surface area (Å²) < 4.78 is 12.4. The number of aromatic nitrogens is 3. The number of rotatable bonds is 6. The molecule has 0 aliphatic heterocycles. The van der Waals surface area contributed by atoms with E-state index in [9.17, 15) is 0 Å². The third-order valence-electron chi connectivity index (χ3n) is 2.63. The number of ether oxygens (including phenoxy) is 2. The number of benzene rings is 1. The Bertz CT molecular complexity index is 613. The predicted octanol–water partition coefficient (Wildman–Crippen LogP) is 4.30. The highest BCUT2D eigenvalue weighted by molar-refractivity contribution is 6.43. The van der Waals surface area contributed by atoms with Crippen molar-refractivity contribution in [2.45, 2.75) is 20.1 Å². The van der Waals surface area contributed by atoms with E-state index in [0.29, 0.717) is 39.7 Å². The van der Waals surface area contributed by atoms with Gasteiger partial charge in [-0.1, -0.05) is 40.0 Å². The highest BCUT2D eigenvalue weighted by atomic mass is 35.5. The first-order chi connectivity index (χ1) is 10.1. The van der Waals surface area contributed by atoms with Gasteiger partial charge in [-0.05, 0) is 26.0 Å². The molecule has 0 N–H and O–H groups in total. The molecule has 8 heteroatoms. The van der Waals surface area contributed by atoms with Crippen molar-refractivity contribution in [2.75, 3.05) is 13.2 Å². The lowest BCUT2D eigenvalue weighted by molar-refractivity contribution is -0.142. The maximum absolute atomic E-state index is 6.15. The minimum absolute atomic E-state index is 0.382. The van der Waals surface area contributed by atoms with Crippen LogP contribution in [0.4, 0.5) is 0 Å². The topological polar surface area (TPSA) is 49.2 Å². The molecular weight excluding hydrogens is 337 g/mol. The van der Waals surface area contributed by atoms with Crippen molar-refractivity contribution in [3.05, 3.63) is 39.1 Å². The van der Waals surface area contributed by atoms with Crippen LogP contribution in [0, 0.1) is 0 Å². The third kappa shape index (κ3) is 3.87. The Kier molecular flexibility index (Phi) is 5.84. The van der Waals surface area contributed by atoms with Crippen molar-refractivity contribution < 1.29 is 9.47 Å². The van der Waals surface area contributed by atoms with Gasteiger partial charge in [0.25, 0.3) is 0 Å². The van der Waals surface area contributed by atoms with Crippen LogP contribution in [0.15, 0.2) is 18.3 Å². The van der Waals surface area contributed by atoms with E-state index < -0.39 is 6.29 Å². The SMILES string of the molecule is CCOC(OCC)c1cn(-c2cc(Cl)c(Cl)cc2Cl)nn1. The molecule has 0 aliphatic carbocycles. The standard InChI is InChI=1S/C13H14Cl3N3O2/c1-3-20-13(21-4-2)11-7-19(18-17-11)12-6-9(15)8(14)5-10(12)16/h5-7,13H,3-4H2,1-2H3. The molecule has 0 unspecified atom stereocenters. The van der Waals surface area contributed by atoms with Crippen molar-refractivity contribution in [1.29, 1.82) is 0 Å². The van der Waals surface area contributed by atoms with Gasteiger partial charge < -0.3 is 9.47 Å². The van der Waals surface area contributed by atoms with Gasteiger partial charge in [-0.3, -0.25) is 0 Å². The van der Waals surface area contributed by atoms with Crippen LogP contribution in [0.5, 0.6) is 0 Å². The summed E-state index contributed by atoms with van der Waals surface area (Å²) >= 11 is 18.1. The zero-order valence-corrected chi connectivity index (χ0v) is 13.8. The average molecular weight is 351 g/mol. The summed E-state index contributed by atoms with van der Waals surface area (Å²) in [5.74, 6) is 0. The molecule has 0 spiro atoms. The van der Waals surface area contributed by atoms with Gasteiger partial charge in [0.1, 0.15) is 5.69 Å². The molecule has 114 valence electrons. The molecule has 0 saturated heterocycles. The first kappa shape index (κ1) is 16.5. The molecule has 1 aromatic carbocycles. The van der Waals surface area contributed by atoms with Gasteiger partial charge in [0, 0.05) is 13.2 Å². The van der Waals surface area contributed by atoms with Gasteiger partial charge in [-0.25, -0.2) is 4.68 Å². The van der Waals surface area contributed by atoms with E-state index in [-0.39, 0.29) is 0 Å². The van der Waals surface area contributed by atoms with Crippen LogP contribution < -0.4 is 0 Å². The van der Waals surface area contributed by atoms with Crippen molar-refractivity contribution in [1.82, 2.24) is 15.0 Å². The molecule has 2 aromatic rings. The number of halogens is 3. The number of hydrogen-bond acceptors (Lipinski definition) is 4. The van der Waals surface area contributed by atoms with E-state index in [1.807, 2.05) is 13.8 Å². The summed E-state index contributed by atoms with van der Waals surface area (Å²) in [6.45, 7) is 4.77. The molecule has 0 fully saturated rings. The zero-order valence-electron chi connectivity index (χ0n) is 11.5. The van der Waals surface area contributed by atoms with Crippen LogP contribution in [-0.2, 0) is 9.47 Å². The lowest BCUT2D eigenvalue weighted by Crippen LogP contribution is -2.09. The fourth-order valence-corrected chi connectivity index (χ4v) is 2.34. The molecule has 21 heavy (non-hydrogen) atoms. The average Bonchev–Trinajstić information content (AvgIpc) is 2.92. The van der Waals surface area contributed by atoms with Crippen LogP contribution in [-0.4, -0.2) is 28.2 Å². The van der Waals surface area contributed by atoms with Crippen molar-refractivity contribution in [2.24, 2.45) is 0 Å². The van der Waals surface area contributed by atoms with Crippen LogP contribution in [0.3, 0.4) is 0 Å². The Labute approximate surface area is 137 Å². The minimum Gasteiger partial charge on any atom is -0.347 e. The van der Waals surface area contributed by atoms with Crippen LogP contribution in [0.25, 0.3) is 5.69 Å². The Morgan fingerprint density at radius 3 is 2.29 bits per heavy atom. The molecule has 5 nitrogen and oxygen atoms in total. The van der Waals surface area contributed by atoms with Gasteiger partial charge in [-0.2, -0.15) is 0 Å². The van der Waals surface area contributed by atoms with Gasteiger partial charge in [-0.15, -0.1) is 5.10 Å². The Hall–Kier alpha value is -0.850. The van der Waals surface area contributed by atoms with Gasteiger partial charge in [0.15, 0.2) is 0 Å². The third-order valence-corrected chi connectivity index (χ3v) is 3.65. The first-order valence-electron chi connectivity index (χ1n) is 6.37. The van der Waals surface area contributed by atoms with E-state index in [1.54, 1.807) is 18.3 Å². The molecule has 1 heterocycles. The highest BCUT2D eigenvalue weighted by Gasteiger charge is 2.17. The van der Waals surface area contributed by atoms with E-state index in [2.05, 4.69) is 10.3 Å². The van der Waals surface area contributed by atoms with Crippen molar-refractivity contribution >= 4 is 34.8 Å². The molecule has 2 rings (SSSR count). The first-order valence-corrected chi connectivity index (χ1v) is 7.50. The quantitative estimate of drug-likeness (QED) is 0.576. The van der Waals surface area contributed by atoms with Crippen molar-refractivity contribution in [3.8, 4) is 5.69 Å². The number of nitrogens with zero attached hydrogens (tertiary/aromatic N) is 3. The fraction of sp³-hybridized carbons (Fsp3) is 0.385. The summed E-state index contributed by atoms with van der Waals surface area (Å²) in [6, 6.07) is 3.19. The van der Waals surface area contributed by atoms with Crippen LogP contribution in [0.1, 0.15) is 25.8 Å². The van der Waals surface area contributed by atoms with Gasteiger partial charge in [0.05, 0.1) is 27.0 Å². The predicted molar refractivity (Wildman–Crippen MR) is 82.4 cm³/mol. The van der Waals surface area contributed by atoms with Crippen LogP contribution >= 0.6 is 34.8 Å². The molecule has 0 radical (unpaired) electrons. The summed E-state index contributed by atoms with van der Waals surface area (Å²) in [5.41, 5.74) is 1.14. The maximum Gasteiger partial charge on any atom is 0.204 e. The Balaban J connectivity index is 2.33. The van der Waals surface area contributed by atoms with Gasteiger partial charge >= 0.3 is 0 Å². The molecule has 1 aromatic heterocycles. The molecular formula is C13H14Cl3N3O2. The molecule has 0 bridgehead atoms. The second kappa shape index (κ2) is 7.42. The Morgan fingerprint density at radius 1 is 1.05 bits per heavy atom. The van der Waals surface area contributed by atoms with Crippen LogP contribution in [0.2, 0.25) is 15.1 Å². The normalized spacial score (nSPS) is 11.3. The van der Waals surface area contributed by atoms with E-state index in [0.717, 1.165) is 0 Å². The van der Waals surface area contributed by atoms with E-state index in [4.69, 9.17) is 44.3 Å². The largest absolute Gasteiger partial charge is 0.347 e. The summed E-state index contributed by atoms with van der Waals surface area (Å²) in [5, 5.41) is 9.27. The molecule has 0 saturated carbocycles. The maximum atomic E-state index is 6.15. The Morgan fingerprint density at radius 2 is 1.67 bits per heavy atom. The minimum atomic E-state index is -0.560. The van der Waals surface area contributed by atoms with Crippen molar-refractivity contribution in [3.63, 3.8) is 0 Å². The van der Waals surface area contributed by atoms with E-state index in [1.165, 1.54) is 4.68 Å². The fourth-order valence-electron chi connectivity index (χ4n) is 1.71. The smallest absolute Gasteiger partial charge is 0.204 e. The summed E-state index contributed by atoms with van der Waals surface area (Å²) in [6.07, 6.45) is 1.12. The summed E-state index contributed by atoms with van der Waals surface area (Å²) in [4.78, 5) is 0. The zero-order chi connectivity index (χ0) is 15.4. The van der Waals surface area contributed by atoms with Gasteiger partial charge in [0.2, 0.25) is 6.29 Å². The molecule has 0 aliphatic rings. The lowest BCUT2D eigenvalue weighted by Gasteiger charge is -2.13. The highest BCUT2D eigenvalue weighted by Crippen LogP contribution is 2.31. The summed E-state index contributed by atoms with van der Waals surface area (Å²) in [7, 11) is 0. The second-order valence-corrected chi connectivity index (χ2v) is 5.27. The van der Waals surface area contributed by atoms with E-state index >= 15 is 0 Å². The second-order valence-electron chi connectivity index (χ2n) is 4.05.